The second kappa shape index (κ2) is 14.3. The van der Waals surface area contributed by atoms with Crippen molar-refractivity contribution in [2.75, 3.05) is 0 Å². The van der Waals surface area contributed by atoms with E-state index in [0.29, 0.717) is 17.5 Å². The van der Waals surface area contributed by atoms with Crippen LogP contribution in [0.1, 0.15) is 0 Å². The van der Waals surface area contributed by atoms with Crippen LogP contribution in [0.15, 0.2) is 223 Å². The Kier molecular flexibility index (Phi) is 7.91. The van der Waals surface area contributed by atoms with Crippen LogP contribution in [0, 0.1) is 0 Å². The second-order valence-corrected chi connectivity index (χ2v) is 17.1. The van der Waals surface area contributed by atoms with Gasteiger partial charge in [-0.15, -0.1) is 0 Å². The molecule has 0 N–H and O–H groups in total. The van der Waals surface area contributed by atoms with Gasteiger partial charge in [0.2, 0.25) is 0 Å². The molecule has 10 aromatic carbocycles. The molecule has 306 valence electrons. The van der Waals surface area contributed by atoms with E-state index in [0.717, 1.165) is 66.5 Å². The summed E-state index contributed by atoms with van der Waals surface area (Å²) in [7, 11) is 0. The summed E-state index contributed by atoms with van der Waals surface area (Å²) in [6, 6.07) is 77.6. The van der Waals surface area contributed by atoms with E-state index in [1.165, 1.54) is 54.9 Å². The highest BCUT2D eigenvalue weighted by Gasteiger charge is 2.26. The van der Waals surface area contributed by atoms with Gasteiger partial charge in [-0.25, -0.2) is 15.0 Å². The van der Waals surface area contributed by atoms with Crippen molar-refractivity contribution in [2.45, 2.75) is 0 Å². The standard InChI is InChI=1S/C61H36N4O/c1-3-13-38(14-4-1)59-62-60(39-15-5-2-6-16-39)64-61(63-59)43-18-11-17-40(33-43)37-25-29-44(30-26-37)65-53-31-27-41(42-28-32-56-50(34-42)47-21-9-10-24-55(47)66-56)35-52(53)58-49-23-12-22-48-45-19-7-8-20-46(45)51(57(48)49)36-54(58)65/h1-36H. The normalized spacial score (nSPS) is 11.9. The Morgan fingerprint density at radius 1 is 0.288 bits per heavy atom. The number of rotatable bonds is 6. The lowest BCUT2D eigenvalue weighted by Gasteiger charge is -2.12. The highest BCUT2D eigenvalue weighted by molar-refractivity contribution is 6.29. The average molecular weight is 841 g/mol. The summed E-state index contributed by atoms with van der Waals surface area (Å²) in [5.41, 5.74) is 17.7. The summed E-state index contributed by atoms with van der Waals surface area (Å²) >= 11 is 0. The maximum atomic E-state index is 6.22. The predicted octanol–water partition coefficient (Wildman–Crippen LogP) is 16.0. The van der Waals surface area contributed by atoms with Gasteiger partial charge in [-0.1, -0.05) is 164 Å². The zero-order valence-corrected chi connectivity index (χ0v) is 35.5. The molecule has 1 aliphatic carbocycles. The first-order valence-corrected chi connectivity index (χ1v) is 22.3. The Labute approximate surface area is 379 Å². The van der Waals surface area contributed by atoms with E-state index in [1.807, 2.05) is 72.8 Å². The summed E-state index contributed by atoms with van der Waals surface area (Å²) in [6.45, 7) is 0. The molecule has 0 spiro atoms. The van der Waals surface area contributed by atoms with Crippen LogP contribution < -0.4 is 0 Å². The van der Waals surface area contributed by atoms with Crippen LogP contribution in [0.4, 0.5) is 0 Å². The fraction of sp³-hybridized carbons (Fsp3) is 0. The van der Waals surface area contributed by atoms with Crippen molar-refractivity contribution in [3.05, 3.63) is 218 Å². The molecule has 13 aromatic rings. The van der Waals surface area contributed by atoms with E-state index in [-0.39, 0.29) is 0 Å². The molecule has 0 unspecified atom stereocenters. The van der Waals surface area contributed by atoms with Crippen LogP contribution in [-0.2, 0) is 0 Å². The lowest BCUT2D eigenvalue weighted by Crippen LogP contribution is -2.00. The Hall–Kier alpha value is -8.93. The summed E-state index contributed by atoms with van der Waals surface area (Å²) in [5, 5.41) is 7.33. The highest BCUT2D eigenvalue weighted by Crippen LogP contribution is 2.51. The molecule has 5 heteroatoms. The first-order valence-electron chi connectivity index (χ1n) is 22.3. The van der Waals surface area contributed by atoms with Crippen molar-refractivity contribution in [2.24, 2.45) is 0 Å². The van der Waals surface area contributed by atoms with Gasteiger partial charge in [-0.05, 0) is 110 Å². The molecule has 1 aliphatic rings. The molecular formula is C61H36N4O. The van der Waals surface area contributed by atoms with E-state index in [4.69, 9.17) is 19.4 Å². The molecule has 3 heterocycles. The zero-order valence-electron chi connectivity index (χ0n) is 35.5. The van der Waals surface area contributed by atoms with Crippen LogP contribution in [0.3, 0.4) is 0 Å². The van der Waals surface area contributed by atoms with Crippen molar-refractivity contribution in [1.29, 1.82) is 0 Å². The Morgan fingerprint density at radius 2 is 0.818 bits per heavy atom. The van der Waals surface area contributed by atoms with Crippen molar-refractivity contribution in [3.63, 3.8) is 0 Å². The zero-order chi connectivity index (χ0) is 43.3. The third-order valence-corrected chi connectivity index (χ3v) is 13.4. The smallest absolute Gasteiger partial charge is 0.164 e. The van der Waals surface area contributed by atoms with E-state index >= 15 is 0 Å². The number of benzene rings is 10. The Bertz CT molecular complexity index is 4030. The van der Waals surface area contributed by atoms with Crippen molar-refractivity contribution >= 4 is 54.5 Å². The van der Waals surface area contributed by atoms with Gasteiger partial charge in [0.25, 0.3) is 0 Å². The van der Waals surface area contributed by atoms with Gasteiger partial charge in [0.15, 0.2) is 17.5 Å². The first-order chi connectivity index (χ1) is 32.7. The number of fused-ring (bicyclic) bond motifs is 10. The molecule has 0 radical (unpaired) electrons. The summed E-state index contributed by atoms with van der Waals surface area (Å²) in [5.74, 6) is 1.92. The van der Waals surface area contributed by atoms with E-state index in [2.05, 4.69) is 150 Å². The Balaban J connectivity index is 0.917. The summed E-state index contributed by atoms with van der Waals surface area (Å²) in [4.78, 5) is 14.9. The topological polar surface area (TPSA) is 56.7 Å². The minimum atomic E-state index is 0.633. The van der Waals surface area contributed by atoms with Gasteiger partial charge in [0.05, 0.1) is 11.0 Å². The molecule has 0 saturated carbocycles. The lowest BCUT2D eigenvalue weighted by molar-refractivity contribution is 0.669. The van der Waals surface area contributed by atoms with Gasteiger partial charge in [0.1, 0.15) is 11.2 Å². The molecule has 0 fully saturated rings. The van der Waals surface area contributed by atoms with Crippen molar-refractivity contribution in [3.8, 4) is 84.4 Å². The van der Waals surface area contributed by atoms with E-state index < -0.39 is 0 Å². The molecule has 66 heavy (non-hydrogen) atoms. The molecule has 0 amide bonds. The quantitative estimate of drug-likeness (QED) is 0.167. The number of para-hydroxylation sites is 1. The third kappa shape index (κ3) is 5.63. The minimum Gasteiger partial charge on any atom is -0.456 e. The first kappa shape index (κ1) is 36.5. The van der Waals surface area contributed by atoms with Crippen molar-refractivity contribution in [1.82, 2.24) is 19.5 Å². The number of nitrogens with zero attached hydrogens (tertiary/aromatic N) is 4. The van der Waals surface area contributed by atoms with E-state index in [9.17, 15) is 0 Å². The largest absolute Gasteiger partial charge is 0.456 e. The molecule has 0 bridgehead atoms. The molecule has 0 atom stereocenters. The second-order valence-electron chi connectivity index (χ2n) is 17.1. The van der Waals surface area contributed by atoms with E-state index in [1.54, 1.807) is 0 Å². The van der Waals surface area contributed by atoms with Gasteiger partial charge in [-0.2, -0.15) is 0 Å². The van der Waals surface area contributed by atoms with Crippen LogP contribution in [-0.4, -0.2) is 19.5 Å². The number of furan rings is 1. The molecule has 3 aromatic heterocycles. The maximum absolute atomic E-state index is 6.22. The number of aromatic nitrogens is 4. The van der Waals surface area contributed by atoms with Gasteiger partial charge < -0.3 is 8.98 Å². The van der Waals surface area contributed by atoms with Gasteiger partial charge >= 0.3 is 0 Å². The van der Waals surface area contributed by atoms with Crippen LogP contribution >= 0.6 is 0 Å². The number of hydrogen-bond acceptors (Lipinski definition) is 4. The van der Waals surface area contributed by atoms with Crippen LogP contribution in [0.25, 0.3) is 139 Å². The fourth-order valence-electron chi connectivity index (χ4n) is 10.3. The number of hydrogen-bond donors (Lipinski definition) is 0. The molecule has 0 saturated heterocycles. The average Bonchev–Trinajstić information content (AvgIpc) is 4.05. The highest BCUT2D eigenvalue weighted by atomic mass is 16.3. The predicted molar refractivity (Wildman–Crippen MR) is 271 cm³/mol. The van der Waals surface area contributed by atoms with Crippen molar-refractivity contribution < 1.29 is 4.42 Å². The molecular weight excluding hydrogens is 805 g/mol. The summed E-state index contributed by atoms with van der Waals surface area (Å²) in [6.07, 6.45) is 0. The van der Waals surface area contributed by atoms with Gasteiger partial charge in [-0.3, -0.25) is 0 Å². The maximum Gasteiger partial charge on any atom is 0.164 e. The fourth-order valence-corrected chi connectivity index (χ4v) is 10.3. The molecule has 0 aliphatic heterocycles. The monoisotopic (exact) mass is 840 g/mol. The Morgan fingerprint density at radius 3 is 1.58 bits per heavy atom. The third-order valence-electron chi connectivity index (χ3n) is 13.4. The van der Waals surface area contributed by atoms with Gasteiger partial charge in [0, 0.05) is 43.9 Å². The molecule has 5 nitrogen and oxygen atoms in total. The molecule has 14 rings (SSSR count). The summed E-state index contributed by atoms with van der Waals surface area (Å²) < 4.78 is 8.67. The van der Waals surface area contributed by atoms with Crippen LogP contribution in [0.5, 0.6) is 0 Å². The minimum absolute atomic E-state index is 0.633. The lowest BCUT2D eigenvalue weighted by atomic mass is 9.96. The van der Waals surface area contributed by atoms with Crippen LogP contribution in [0.2, 0.25) is 0 Å². The SMILES string of the molecule is c1ccc(-c2nc(-c3ccccc3)nc(-c3cccc(-c4ccc(-n5c6ccc(-c7ccc8oc9ccccc9c8c7)cc6c6c7cccc8c7c(cc65)-c5ccccc5-8)cc4)c3)n2)cc1.